The lowest BCUT2D eigenvalue weighted by Gasteiger charge is -2.33. The van der Waals surface area contributed by atoms with Crippen molar-refractivity contribution in [2.24, 2.45) is 24.8 Å². The molecule has 2 fully saturated rings. The molecule has 1 saturated carbocycles. The predicted molar refractivity (Wildman–Crippen MR) is 171 cm³/mol. The maximum absolute atomic E-state index is 12.6. The second-order valence-corrected chi connectivity index (χ2v) is 10.2. The zero-order chi connectivity index (χ0) is 32.0. The van der Waals surface area contributed by atoms with Gasteiger partial charge < -0.3 is 21.0 Å². The summed E-state index contributed by atoms with van der Waals surface area (Å²) in [4.78, 5) is 30.8. The highest BCUT2D eigenvalue weighted by atomic mass is 16.2. The van der Waals surface area contributed by atoms with Crippen molar-refractivity contribution in [2.45, 2.75) is 107 Å². The number of nitrogens with zero attached hydrogens (tertiary/aromatic N) is 3. The van der Waals surface area contributed by atoms with E-state index in [0.29, 0.717) is 29.2 Å². The number of carbonyl (C=O) groups is 2. The van der Waals surface area contributed by atoms with Crippen LogP contribution in [0, 0.1) is 42.9 Å². The largest absolute Gasteiger partial charge is 0.356 e. The number of carbonyl (C=O) groups excluding carboxylic acids is 2. The van der Waals surface area contributed by atoms with Gasteiger partial charge in [0.05, 0.1) is 17.9 Å². The van der Waals surface area contributed by atoms with Crippen LogP contribution >= 0.6 is 0 Å². The molecular formula is C32H57N7O2. The minimum atomic E-state index is -0.0829. The molecule has 0 bridgehead atoms. The van der Waals surface area contributed by atoms with Crippen molar-refractivity contribution in [3.05, 3.63) is 35.7 Å². The van der Waals surface area contributed by atoms with Gasteiger partial charge in [-0.15, -0.1) is 12.8 Å². The number of H-pyrrole nitrogens is 1. The van der Waals surface area contributed by atoms with Crippen molar-refractivity contribution in [1.82, 2.24) is 30.4 Å². The first-order valence-corrected chi connectivity index (χ1v) is 15.0. The molecule has 1 aliphatic heterocycles. The summed E-state index contributed by atoms with van der Waals surface area (Å²) in [6.07, 6.45) is 18.0. The molecule has 232 valence electrons. The Hall–Kier alpha value is -3.41. The molecule has 4 rings (SSSR count). The van der Waals surface area contributed by atoms with E-state index < -0.39 is 0 Å². The smallest absolute Gasteiger partial charge is 0.270 e. The van der Waals surface area contributed by atoms with Crippen LogP contribution in [0.1, 0.15) is 122 Å². The third kappa shape index (κ3) is 16.4. The van der Waals surface area contributed by atoms with Crippen LogP contribution in [0.3, 0.4) is 0 Å². The quantitative estimate of drug-likeness (QED) is 0.242. The van der Waals surface area contributed by atoms with Gasteiger partial charge in [-0.1, -0.05) is 54.4 Å². The molecule has 4 N–H and O–H groups in total. The molecule has 9 heteroatoms. The number of aromatic amines is 1. The van der Waals surface area contributed by atoms with E-state index in [1.807, 2.05) is 40.8 Å². The van der Waals surface area contributed by atoms with Crippen molar-refractivity contribution < 1.29 is 9.59 Å². The summed E-state index contributed by atoms with van der Waals surface area (Å²) >= 11 is 0. The zero-order valence-electron chi connectivity index (χ0n) is 27.3. The van der Waals surface area contributed by atoms with Crippen LogP contribution in [-0.2, 0) is 11.8 Å². The number of amides is 2. The maximum atomic E-state index is 12.6. The van der Waals surface area contributed by atoms with E-state index in [4.69, 9.17) is 5.41 Å². The third-order valence-corrected chi connectivity index (χ3v) is 6.36. The highest BCUT2D eigenvalue weighted by Crippen LogP contribution is 2.36. The van der Waals surface area contributed by atoms with E-state index in [0.717, 1.165) is 43.7 Å². The van der Waals surface area contributed by atoms with Gasteiger partial charge in [0.15, 0.2) is 0 Å². The van der Waals surface area contributed by atoms with Crippen LogP contribution in [-0.4, -0.2) is 43.8 Å². The summed E-state index contributed by atoms with van der Waals surface area (Å²) in [5.41, 5.74) is 2.24. The molecule has 3 heterocycles. The Kier molecular flexibility index (Phi) is 22.6. The van der Waals surface area contributed by atoms with Crippen LogP contribution in [0.25, 0.3) is 0 Å². The summed E-state index contributed by atoms with van der Waals surface area (Å²) in [7, 11) is 1.78. The van der Waals surface area contributed by atoms with Crippen molar-refractivity contribution in [3.8, 4) is 12.8 Å². The van der Waals surface area contributed by atoms with E-state index >= 15 is 0 Å². The van der Waals surface area contributed by atoms with Gasteiger partial charge in [0.2, 0.25) is 5.91 Å². The lowest BCUT2D eigenvalue weighted by molar-refractivity contribution is -0.122. The summed E-state index contributed by atoms with van der Waals surface area (Å²) in [5.74, 6) is 2.84. The Bertz CT molecular complexity index is 995. The summed E-state index contributed by atoms with van der Waals surface area (Å²) in [5, 5.41) is 16.6. The SMILES string of the molecule is C#C.CC.CC.CC(C)=N.CC1CCC(=O)NC1.Cc1ncc(C(NC(=O)c2ccnn2C)C2CCCC(C)C2)[nH]1. The number of aromatic nitrogens is 4. The lowest BCUT2D eigenvalue weighted by atomic mass is 9.78. The monoisotopic (exact) mass is 571 g/mol. The molecule has 9 nitrogen and oxygen atoms in total. The molecule has 1 saturated heterocycles. The zero-order valence-corrected chi connectivity index (χ0v) is 27.3. The third-order valence-electron chi connectivity index (χ3n) is 6.36. The van der Waals surface area contributed by atoms with Gasteiger partial charge in [0.25, 0.3) is 5.91 Å². The van der Waals surface area contributed by atoms with E-state index in [1.54, 1.807) is 37.8 Å². The molecule has 2 aromatic rings. The van der Waals surface area contributed by atoms with Gasteiger partial charge in [-0.2, -0.15) is 5.10 Å². The van der Waals surface area contributed by atoms with Crippen LogP contribution in [0.2, 0.25) is 0 Å². The van der Waals surface area contributed by atoms with Gasteiger partial charge >= 0.3 is 0 Å². The van der Waals surface area contributed by atoms with E-state index in [2.05, 4.69) is 52.4 Å². The number of terminal acetylenes is 1. The standard InChI is InChI=1S/C17H25N5O.C6H11NO.C3H7N.2C2H6.C2H2/c1-11-5-4-6-13(9-11)16(14-10-18-12(2)20-14)21-17(23)15-7-8-19-22(15)3;1-5-2-3-6(8)7-4-5;1-3(2)4;3*1-2/h7-8,10-11,13,16H,4-6,9H2,1-3H3,(H,18,20)(H,21,23);5H,2-4H2,1H3,(H,7,8);4H,1-2H3;2*1-2H3;1-2H. The molecule has 2 aromatic heterocycles. The van der Waals surface area contributed by atoms with Gasteiger partial charge in [-0.25, -0.2) is 4.98 Å². The Morgan fingerprint density at radius 1 is 1.12 bits per heavy atom. The second-order valence-electron chi connectivity index (χ2n) is 10.2. The Morgan fingerprint density at radius 3 is 2.15 bits per heavy atom. The maximum Gasteiger partial charge on any atom is 0.270 e. The van der Waals surface area contributed by atoms with Gasteiger partial charge in [0, 0.05) is 31.9 Å². The lowest BCUT2D eigenvalue weighted by Crippen LogP contribution is -2.36. The average molecular weight is 572 g/mol. The normalized spacial score (nSPS) is 19.5. The number of rotatable bonds is 4. The highest BCUT2D eigenvalue weighted by Gasteiger charge is 2.31. The highest BCUT2D eigenvalue weighted by molar-refractivity contribution is 5.92. The minimum Gasteiger partial charge on any atom is -0.356 e. The summed E-state index contributed by atoms with van der Waals surface area (Å²) in [6.45, 7) is 18.8. The molecule has 1 aliphatic carbocycles. The Balaban J connectivity index is 0. The second kappa shape index (κ2) is 23.3. The molecule has 4 unspecified atom stereocenters. The molecule has 2 amide bonds. The van der Waals surface area contributed by atoms with E-state index in [9.17, 15) is 9.59 Å². The van der Waals surface area contributed by atoms with Crippen molar-refractivity contribution >= 4 is 17.5 Å². The topological polar surface area (TPSA) is 129 Å². The van der Waals surface area contributed by atoms with Crippen LogP contribution in [0.15, 0.2) is 18.5 Å². The fourth-order valence-corrected chi connectivity index (χ4v) is 4.50. The molecule has 41 heavy (non-hydrogen) atoms. The first kappa shape index (κ1) is 39.7. The first-order chi connectivity index (χ1) is 19.6. The molecule has 0 radical (unpaired) electrons. The molecule has 4 atom stereocenters. The van der Waals surface area contributed by atoms with Gasteiger partial charge in [0.1, 0.15) is 11.5 Å². The van der Waals surface area contributed by atoms with Crippen molar-refractivity contribution in [3.63, 3.8) is 0 Å². The van der Waals surface area contributed by atoms with Crippen molar-refractivity contribution in [1.29, 1.82) is 5.41 Å². The summed E-state index contributed by atoms with van der Waals surface area (Å²) < 4.78 is 1.61. The van der Waals surface area contributed by atoms with Crippen LogP contribution < -0.4 is 10.6 Å². The number of piperidine rings is 1. The Labute approximate surface area is 249 Å². The average Bonchev–Trinajstić information content (AvgIpc) is 3.60. The van der Waals surface area contributed by atoms with E-state index in [1.165, 1.54) is 12.8 Å². The number of hydrogen-bond donors (Lipinski definition) is 4. The molecule has 2 aliphatic rings. The predicted octanol–water partition coefficient (Wildman–Crippen LogP) is 6.63. The van der Waals surface area contributed by atoms with Gasteiger partial charge in [-0.3, -0.25) is 14.3 Å². The van der Waals surface area contributed by atoms with Gasteiger partial charge in [-0.05, 0) is 63.9 Å². The first-order valence-electron chi connectivity index (χ1n) is 15.0. The minimum absolute atomic E-state index is 0.0265. The number of hydrogen-bond acceptors (Lipinski definition) is 5. The molecule has 0 spiro atoms. The Morgan fingerprint density at radius 2 is 1.73 bits per heavy atom. The number of imidazole rings is 1. The van der Waals surface area contributed by atoms with Crippen LogP contribution in [0.5, 0.6) is 0 Å². The van der Waals surface area contributed by atoms with Crippen molar-refractivity contribution in [2.75, 3.05) is 6.54 Å². The van der Waals surface area contributed by atoms with Crippen LogP contribution in [0.4, 0.5) is 0 Å². The summed E-state index contributed by atoms with van der Waals surface area (Å²) in [6, 6.07) is 1.72. The number of aryl methyl sites for hydroxylation is 2. The molecular weight excluding hydrogens is 514 g/mol. The fourth-order valence-electron chi connectivity index (χ4n) is 4.50. The number of nitrogens with one attached hydrogen (secondary N) is 4. The molecule has 0 aromatic carbocycles. The van der Waals surface area contributed by atoms with E-state index in [-0.39, 0.29) is 17.9 Å². The fraction of sp³-hybridized carbons (Fsp3) is 0.656.